The van der Waals surface area contributed by atoms with E-state index < -0.39 is 4.92 Å². The Hall–Kier alpha value is -1.95. The summed E-state index contributed by atoms with van der Waals surface area (Å²) in [7, 11) is 3.99. The third kappa shape index (κ3) is 3.77. The second-order valence-electron chi connectivity index (χ2n) is 5.02. The SMILES string of the molecule is CCN(c1ccc([N+](=O)[O-])c(C=O)c1)C(C)CN(C)C. The Kier molecular flexibility index (Phi) is 5.64. The fourth-order valence-corrected chi connectivity index (χ4v) is 2.36. The van der Waals surface area contributed by atoms with Crippen molar-refractivity contribution in [1.29, 1.82) is 0 Å². The molecule has 0 heterocycles. The fraction of sp³-hybridized carbons (Fsp3) is 0.500. The van der Waals surface area contributed by atoms with Crippen LogP contribution in [0.15, 0.2) is 18.2 Å². The van der Waals surface area contributed by atoms with Crippen LogP contribution >= 0.6 is 0 Å². The Balaban J connectivity index is 3.10. The average molecular weight is 279 g/mol. The largest absolute Gasteiger partial charge is 0.368 e. The number of nitro benzene ring substituents is 1. The summed E-state index contributed by atoms with van der Waals surface area (Å²) in [5, 5.41) is 10.8. The first-order chi connectivity index (χ1) is 9.40. The van der Waals surface area contributed by atoms with Gasteiger partial charge in [-0.25, -0.2) is 0 Å². The number of carbonyl (C=O) groups is 1. The summed E-state index contributed by atoms with van der Waals surface area (Å²) in [6.45, 7) is 5.74. The van der Waals surface area contributed by atoms with Crippen molar-refractivity contribution < 1.29 is 9.72 Å². The van der Waals surface area contributed by atoms with Gasteiger partial charge in [0.05, 0.1) is 10.5 Å². The minimum Gasteiger partial charge on any atom is -0.368 e. The molecule has 1 unspecified atom stereocenters. The van der Waals surface area contributed by atoms with E-state index in [-0.39, 0.29) is 17.3 Å². The molecule has 1 atom stereocenters. The summed E-state index contributed by atoms with van der Waals surface area (Å²) in [6.07, 6.45) is 0.534. The summed E-state index contributed by atoms with van der Waals surface area (Å²) in [6, 6.07) is 4.92. The zero-order chi connectivity index (χ0) is 15.3. The van der Waals surface area contributed by atoms with Crippen LogP contribution in [0, 0.1) is 10.1 Å². The van der Waals surface area contributed by atoms with Crippen molar-refractivity contribution in [2.45, 2.75) is 19.9 Å². The molecule has 0 spiro atoms. The molecular formula is C14H21N3O3. The third-order valence-corrected chi connectivity index (χ3v) is 3.17. The Bertz CT molecular complexity index is 489. The maximum Gasteiger partial charge on any atom is 0.280 e. The fourth-order valence-electron chi connectivity index (χ4n) is 2.36. The molecule has 0 radical (unpaired) electrons. The zero-order valence-corrected chi connectivity index (χ0v) is 12.4. The van der Waals surface area contributed by atoms with E-state index in [2.05, 4.69) is 16.7 Å². The maximum atomic E-state index is 11.0. The summed E-state index contributed by atoms with van der Waals surface area (Å²) in [5.74, 6) is 0. The van der Waals surface area contributed by atoms with Gasteiger partial charge in [0.25, 0.3) is 5.69 Å². The molecule has 1 rings (SSSR count). The highest BCUT2D eigenvalue weighted by atomic mass is 16.6. The molecule has 6 heteroatoms. The van der Waals surface area contributed by atoms with Crippen molar-refractivity contribution in [3.63, 3.8) is 0 Å². The van der Waals surface area contributed by atoms with E-state index in [1.54, 1.807) is 12.1 Å². The highest BCUT2D eigenvalue weighted by Crippen LogP contribution is 2.25. The van der Waals surface area contributed by atoms with Crippen LogP contribution in [0.2, 0.25) is 0 Å². The zero-order valence-electron chi connectivity index (χ0n) is 12.4. The van der Waals surface area contributed by atoms with Crippen molar-refractivity contribution in [3.8, 4) is 0 Å². The lowest BCUT2D eigenvalue weighted by Gasteiger charge is -2.32. The number of carbonyl (C=O) groups excluding carboxylic acids is 1. The summed E-state index contributed by atoms with van der Waals surface area (Å²) in [4.78, 5) is 25.5. The monoisotopic (exact) mass is 279 g/mol. The van der Waals surface area contributed by atoms with Gasteiger partial charge in [0.1, 0.15) is 0 Å². The number of nitro groups is 1. The van der Waals surface area contributed by atoms with Crippen LogP contribution in [0.1, 0.15) is 24.2 Å². The van der Waals surface area contributed by atoms with Crippen LogP contribution in [-0.4, -0.2) is 49.3 Å². The molecule has 0 N–H and O–H groups in total. The molecule has 1 aromatic carbocycles. The number of rotatable bonds is 7. The van der Waals surface area contributed by atoms with Crippen LogP contribution in [0.25, 0.3) is 0 Å². The van der Waals surface area contributed by atoms with Gasteiger partial charge in [0.15, 0.2) is 6.29 Å². The molecule has 0 aliphatic carbocycles. The van der Waals surface area contributed by atoms with Crippen molar-refractivity contribution in [2.24, 2.45) is 0 Å². The number of likely N-dealkylation sites (N-methyl/N-ethyl adjacent to an activating group) is 2. The van der Waals surface area contributed by atoms with Gasteiger partial charge >= 0.3 is 0 Å². The summed E-state index contributed by atoms with van der Waals surface area (Å²) < 4.78 is 0. The Morgan fingerprint density at radius 2 is 2.05 bits per heavy atom. The number of nitrogens with zero attached hydrogens (tertiary/aromatic N) is 3. The number of anilines is 1. The molecule has 6 nitrogen and oxygen atoms in total. The second-order valence-corrected chi connectivity index (χ2v) is 5.02. The summed E-state index contributed by atoms with van der Waals surface area (Å²) in [5.41, 5.74) is 0.789. The molecule has 0 aliphatic heterocycles. The number of benzene rings is 1. The molecule has 0 aliphatic rings. The van der Waals surface area contributed by atoms with Crippen LogP contribution in [0.3, 0.4) is 0 Å². The van der Waals surface area contributed by atoms with Gasteiger partial charge in [0, 0.05) is 30.9 Å². The predicted molar refractivity (Wildman–Crippen MR) is 79.5 cm³/mol. The first-order valence-corrected chi connectivity index (χ1v) is 6.55. The Morgan fingerprint density at radius 1 is 1.40 bits per heavy atom. The molecule has 0 saturated carbocycles. The quantitative estimate of drug-likeness (QED) is 0.435. The third-order valence-electron chi connectivity index (χ3n) is 3.17. The minimum absolute atomic E-state index is 0.114. The smallest absolute Gasteiger partial charge is 0.280 e. The lowest BCUT2D eigenvalue weighted by molar-refractivity contribution is -0.385. The van der Waals surface area contributed by atoms with Crippen LogP contribution < -0.4 is 4.90 Å². The topological polar surface area (TPSA) is 66.7 Å². The van der Waals surface area contributed by atoms with Gasteiger partial charge in [0.2, 0.25) is 0 Å². The van der Waals surface area contributed by atoms with Crippen molar-refractivity contribution in [3.05, 3.63) is 33.9 Å². The van der Waals surface area contributed by atoms with E-state index in [1.807, 2.05) is 21.0 Å². The highest BCUT2D eigenvalue weighted by molar-refractivity contribution is 5.83. The van der Waals surface area contributed by atoms with E-state index in [4.69, 9.17) is 0 Å². The van der Waals surface area contributed by atoms with Gasteiger partial charge in [-0.3, -0.25) is 14.9 Å². The second kappa shape index (κ2) is 7.00. The van der Waals surface area contributed by atoms with Gasteiger partial charge in [-0.15, -0.1) is 0 Å². The van der Waals surface area contributed by atoms with Gasteiger partial charge in [-0.2, -0.15) is 0 Å². The van der Waals surface area contributed by atoms with Gasteiger partial charge in [-0.05, 0) is 40.1 Å². The first kappa shape index (κ1) is 16.1. The molecule has 0 fully saturated rings. The van der Waals surface area contributed by atoms with E-state index in [9.17, 15) is 14.9 Å². The average Bonchev–Trinajstić information content (AvgIpc) is 2.38. The molecule has 110 valence electrons. The normalized spacial score (nSPS) is 12.2. The number of aldehydes is 1. The van der Waals surface area contributed by atoms with Gasteiger partial charge in [-0.1, -0.05) is 0 Å². The molecule has 0 aromatic heterocycles. The molecular weight excluding hydrogens is 258 g/mol. The highest BCUT2D eigenvalue weighted by Gasteiger charge is 2.18. The van der Waals surface area contributed by atoms with E-state index in [0.717, 1.165) is 18.8 Å². The van der Waals surface area contributed by atoms with Crippen molar-refractivity contribution in [1.82, 2.24) is 4.90 Å². The summed E-state index contributed by atoms with van der Waals surface area (Å²) >= 11 is 0. The van der Waals surface area contributed by atoms with Crippen LogP contribution in [-0.2, 0) is 0 Å². The van der Waals surface area contributed by atoms with Crippen LogP contribution in [0.5, 0.6) is 0 Å². The lowest BCUT2D eigenvalue weighted by atomic mass is 10.1. The van der Waals surface area contributed by atoms with E-state index in [1.165, 1.54) is 6.07 Å². The molecule has 20 heavy (non-hydrogen) atoms. The lowest BCUT2D eigenvalue weighted by Crippen LogP contribution is -2.40. The number of hydrogen-bond acceptors (Lipinski definition) is 5. The minimum atomic E-state index is -0.535. The van der Waals surface area contributed by atoms with E-state index in [0.29, 0.717) is 6.29 Å². The predicted octanol–water partition coefficient (Wildman–Crippen LogP) is 2.18. The molecule has 0 amide bonds. The van der Waals surface area contributed by atoms with Crippen molar-refractivity contribution in [2.75, 3.05) is 32.1 Å². The van der Waals surface area contributed by atoms with E-state index >= 15 is 0 Å². The number of hydrogen-bond donors (Lipinski definition) is 0. The van der Waals surface area contributed by atoms with Gasteiger partial charge < -0.3 is 9.80 Å². The Labute approximate surface area is 119 Å². The molecule has 0 bridgehead atoms. The first-order valence-electron chi connectivity index (χ1n) is 6.55. The molecule has 1 aromatic rings. The standard InChI is InChI=1S/C14H21N3O3/c1-5-16(11(2)9-15(3)4)13-6-7-14(17(19)20)12(8-13)10-18/h6-8,10-11H,5,9H2,1-4H3. The molecule has 0 saturated heterocycles. The Morgan fingerprint density at radius 3 is 2.50 bits per heavy atom. The van der Waals surface area contributed by atoms with Crippen molar-refractivity contribution >= 4 is 17.7 Å². The van der Waals surface area contributed by atoms with Crippen LogP contribution in [0.4, 0.5) is 11.4 Å². The maximum absolute atomic E-state index is 11.0.